The Morgan fingerprint density at radius 3 is 2.39 bits per heavy atom. The molecule has 0 heterocycles. The number of hydrogen-bond acceptors (Lipinski definition) is 3. The summed E-state index contributed by atoms with van der Waals surface area (Å²) in [6.45, 7) is -0.0414. The molecule has 1 aromatic carbocycles. The first-order valence-electron chi connectivity index (χ1n) is 4.83. The van der Waals surface area contributed by atoms with Crippen molar-refractivity contribution in [3.8, 4) is 0 Å². The van der Waals surface area contributed by atoms with Gasteiger partial charge in [0.1, 0.15) is 0 Å². The molecule has 0 aliphatic carbocycles. The normalized spacial score (nSPS) is 12.3. The number of carbonyl (C=O) groups is 1. The van der Waals surface area contributed by atoms with Crippen LogP contribution in [0.3, 0.4) is 0 Å². The number of hydrazine groups is 1. The Kier molecular flexibility index (Phi) is 5.39. The van der Waals surface area contributed by atoms with Crippen molar-refractivity contribution >= 4 is 17.5 Å². The molecule has 0 saturated heterocycles. The molecule has 0 spiro atoms. The van der Waals surface area contributed by atoms with Gasteiger partial charge in [0.15, 0.2) is 23.6 Å². The number of alkyl halides is 1. The molecule has 1 rings (SSSR count). The van der Waals surface area contributed by atoms with Crippen LogP contribution in [0.25, 0.3) is 0 Å². The van der Waals surface area contributed by atoms with E-state index in [2.05, 4.69) is 0 Å². The summed E-state index contributed by atoms with van der Waals surface area (Å²) in [5.74, 6) is -0.310. The van der Waals surface area contributed by atoms with Gasteiger partial charge in [0.2, 0.25) is 0 Å². The maximum absolute atomic E-state index is 13.0. The van der Waals surface area contributed by atoms with Gasteiger partial charge in [0.05, 0.1) is 6.61 Å². The highest BCUT2D eigenvalue weighted by Gasteiger charge is 2.23. The van der Waals surface area contributed by atoms with E-state index >= 15 is 0 Å². The number of benzene rings is 1. The monoisotopic (exact) mass is 282 g/mol. The fraction of sp³-hybridized carbons (Fsp3) is 0.300. The maximum Gasteiger partial charge on any atom is 0.267 e. The zero-order valence-electron chi connectivity index (χ0n) is 9.05. The van der Waals surface area contributed by atoms with Gasteiger partial charge in [0, 0.05) is 5.88 Å². The molecule has 0 radical (unpaired) electrons. The summed E-state index contributed by atoms with van der Waals surface area (Å²) in [5.41, 5.74) is 1.59. The fourth-order valence-corrected chi connectivity index (χ4v) is 1.38. The van der Waals surface area contributed by atoms with E-state index in [1.54, 1.807) is 5.43 Å². The SMILES string of the molecule is NNC(=O)C(OCCCl)c1cc(F)c(F)c(F)c1. The van der Waals surface area contributed by atoms with E-state index in [9.17, 15) is 18.0 Å². The number of carbonyl (C=O) groups excluding carboxylic acids is 1. The highest BCUT2D eigenvalue weighted by atomic mass is 35.5. The second-order valence-corrected chi connectivity index (χ2v) is 3.62. The van der Waals surface area contributed by atoms with E-state index < -0.39 is 29.5 Å². The molecule has 100 valence electrons. The minimum atomic E-state index is -1.62. The third-order valence-electron chi connectivity index (χ3n) is 2.05. The van der Waals surface area contributed by atoms with Crippen LogP contribution < -0.4 is 11.3 Å². The van der Waals surface area contributed by atoms with Crippen LogP contribution in [0.5, 0.6) is 0 Å². The largest absolute Gasteiger partial charge is 0.362 e. The summed E-state index contributed by atoms with van der Waals surface area (Å²) in [5, 5.41) is 0. The maximum atomic E-state index is 13.0. The highest BCUT2D eigenvalue weighted by molar-refractivity contribution is 6.17. The lowest BCUT2D eigenvalue weighted by Gasteiger charge is -2.16. The average molecular weight is 283 g/mol. The van der Waals surface area contributed by atoms with Crippen molar-refractivity contribution in [1.82, 2.24) is 5.43 Å². The quantitative estimate of drug-likeness (QED) is 0.282. The van der Waals surface area contributed by atoms with Crippen LogP contribution in [0, 0.1) is 17.5 Å². The summed E-state index contributed by atoms with van der Waals surface area (Å²) in [4.78, 5) is 11.4. The van der Waals surface area contributed by atoms with Crippen LogP contribution in [0.1, 0.15) is 11.7 Å². The summed E-state index contributed by atoms with van der Waals surface area (Å²) in [7, 11) is 0. The van der Waals surface area contributed by atoms with Crippen molar-refractivity contribution in [2.45, 2.75) is 6.10 Å². The first kappa shape index (κ1) is 14.7. The lowest BCUT2D eigenvalue weighted by atomic mass is 10.1. The molecule has 0 fully saturated rings. The van der Waals surface area contributed by atoms with Crippen LogP contribution in [0.15, 0.2) is 12.1 Å². The van der Waals surface area contributed by atoms with E-state index in [-0.39, 0.29) is 18.1 Å². The number of nitrogens with two attached hydrogens (primary N) is 1. The molecular formula is C10H10ClF3N2O2. The second kappa shape index (κ2) is 6.58. The molecule has 1 unspecified atom stereocenters. The molecular weight excluding hydrogens is 273 g/mol. The van der Waals surface area contributed by atoms with Crippen molar-refractivity contribution in [3.63, 3.8) is 0 Å². The molecule has 1 amide bonds. The molecule has 1 atom stereocenters. The molecule has 4 nitrogen and oxygen atoms in total. The smallest absolute Gasteiger partial charge is 0.267 e. The van der Waals surface area contributed by atoms with Crippen molar-refractivity contribution in [2.75, 3.05) is 12.5 Å². The van der Waals surface area contributed by atoms with Crippen molar-refractivity contribution in [2.24, 2.45) is 5.84 Å². The highest BCUT2D eigenvalue weighted by Crippen LogP contribution is 2.22. The van der Waals surface area contributed by atoms with Crippen LogP contribution >= 0.6 is 11.6 Å². The summed E-state index contributed by atoms with van der Waals surface area (Å²) in [6.07, 6.45) is -1.36. The summed E-state index contributed by atoms with van der Waals surface area (Å²) in [6, 6.07) is 1.32. The number of hydrogen-bond donors (Lipinski definition) is 2. The molecule has 0 bridgehead atoms. The van der Waals surface area contributed by atoms with Gasteiger partial charge in [-0.25, -0.2) is 19.0 Å². The van der Waals surface area contributed by atoms with Crippen LogP contribution in [0.4, 0.5) is 13.2 Å². The standard InChI is InChI=1S/C10H10ClF3N2O2/c11-1-2-18-9(10(17)16-15)5-3-6(12)8(14)7(13)4-5/h3-4,9H,1-2,15H2,(H,16,17). The fourth-order valence-electron chi connectivity index (χ4n) is 1.29. The van der Waals surface area contributed by atoms with Crippen LogP contribution in [0.2, 0.25) is 0 Å². The predicted molar refractivity (Wildman–Crippen MR) is 58.1 cm³/mol. The number of nitrogens with one attached hydrogen (secondary N) is 1. The zero-order valence-corrected chi connectivity index (χ0v) is 9.81. The first-order valence-corrected chi connectivity index (χ1v) is 5.37. The lowest BCUT2D eigenvalue weighted by molar-refractivity contribution is -0.133. The van der Waals surface area contributed by atoms with Gasteiger partial charge >= 0.3 is 0 Å². The lowest BCUT2D eigenvalue weighted by Crippen LogP contribution is -2.36. The molecule has 0 aromatic heterocycles. The van der Waals surface area contributed by atoms with Crippen molar-refractivity contribution < 1.29 is 22.7 Å². The molecule has 1 aromatic rings. The molecule has 0 aliphatic rings. The third-order valence-corrected chi connectivity index (χ3v) is 2.21. The Balaban J connectivity index is 3.08. The van der Waals surface area contributed by atoms with Gasteiger partial charge in [-0.2, -0.15) is 0 Å². The van der Waals surface area contributed by atoms with Gasteiger partial charge in [-0.15, -0.1) is 11.6 Å². The Labute approximate surface area is 106 Å². The number of ether oxygens (including phenoxy) is 1. The zero-order chi connectivity index (χ0) is 13.7. The summed E-state index contributed by atoms with van der Waals surface area (Å²) >= 11 is 5.37. The van der Waals surface area contributed by atoms with E-state index in [0.717, 1.165) is 0 Å². The van der Waals surface area contributed by atoms with Crippen molar-refractivity contribution in [1.29, 1.82) is 0 Å². The van der Waals surface area contributed by atoms with E-state index in [0.29, 0.717) is 12.1 Å². The predicted octanol–water partition coefficient (Wildman–Crippen LogP) is 1.39. The molecule has 0 aliphatic heterocycles. The first-order chi connectivity index (χ1) is 8.51. The van der Waals surface area contributed by atoms with Gasteiger partial charge in [-0.3, -0.25) is 10.2 Å². The Morgan fingerprint density at radius 1 is 1.39 bits per heavy atom. The minimum Gasteiger partial charge on any atom is -0.362 e. The Hall–Kier alpha value is -1.31. The van der Waals surface area contributed by atoms with Gasteiger partial charge in [-0.1, -0.05) is 0 Å². The second-order valence-electron chi connectivity index (χ2n) is 3.25. The Morgan fingerprint density at radius 2 is 1.94 bits per heavy atom. The number of amides is 1. The van der Waals surface area contributed by atoms with Gasteiger partial charge < -0.3 is 4.74 Å². The van der Waals surface area contributed by atoms with Gasteiger partial charge in [-0.05, 0) is 17.7 Å². The molecule has 0 saturated carbocycles. The van der Waals surface area contributed by atoms with Crippen molar-refractivity contribution in [3.05, 3.63) is 35.1 Å². The van der Waals surface area contributed by atoms with Crippen LogP contribution in [-0.2, 0) is 9.53 Å². The molecule has 3 N–H and O–H groups in total. The van der Waals surface area contributed by atoms with Crippen LogP contribution in [-0.4, -0.2) is 18.4 Å². The third kappa shape index (κ3) is 3.34. The molecule has 8 heteroatoms. The number of halogens is 4. The van der Waals surface area contributed by atoms with E-state index in [1.165, 1.54) is 0 Å². The average Bonchev–Trinajstić information content (AvgIpc) is 2.35. The molecule has 18 heavy (non-hydrogen) atoms. The van der Waals surface area contributed by atoms with E-state index in [4.69, 9.17) is 22.2 Å². The number of rotatable bonds is 5. The van der Waals surface area contributed by atoms with Gasteiger partial charge in [0.25, 0.3) is 5.91 Å². The topological polar surface area (TPSA) is 64.3 Å². The Bertz CT molecular complexity index is 422. The van der Waals surface area contributed by atoms with E-state index in [1.807, 2.05) is 0 Å². The summed E-state index contributed by atoms with van der Waals surface area (Å²) < 4.78 is 43.8. The minimum absolute atomic E-state index is 0.0414.